The molecule has 24 heavy (non-hydrogen) atoms. The fourth-order valence-corrected chi connectivity index (χ4v) is 3.75. The number of rotatable bonds is 6. The van der Waals surface area contributed by atoms with E-state index in [9.17, 15) is 0 Å². The van der Waals surface area contributed by atoms with Crippen molar-refractivity contribution in [2.24, 2.45) is 0 Å². The van der Waals surface area contributed by atoms with Crippen LogP contribution in [-0.2, 0) is 6.42 Å². The third kappa shape index (κ3) is 4.62. The van der Waals surface area contributed by atoms with Crippen LogP contribution in [0, 0.1) is 0 Å². The second-order valence-electron chi connectivity index (χ2n) is 7.95. The van der Waals surface area contributed by atoms with E-state index in [4.69, 9.17) is 5.73 Å². The number of hydrogen-bond donors (Lipinski definition) is 2. The van der Waals surface area contributed by atoms with Crippen LogP contribution in [0.4, 0.5) is 11.4 Å². The van der Waals surface area contributed by atoms with Gasteiger partial charge >= 0.3 is 0 Å². The summed E-state index contributed by atoms with van der Waals surface area (Å²) in [7, 11) is 4.66. The van der Waals surface area contributed by atoms with Crippen LogP contribution in [0.15, 0.2) is 18.2 Å². The van der Waals surface area contributed by atoms with Crippen molar-refractivity contribution in [1.29, 1.82) is 0 Å². The minimum atomic E-state index is 0.875. The summed E-state index contributed by atoms with van der Waals surface area (Å²) in [6.45, 7) is 10.5. The number of anilines is 2. The standard InChI is InChI=1S/C19H34N5/c1-24(2)14-12-22(13-15-24)10-7-21-8-11-23-9-3-4-17-5-6-18(20)16-19(17)23/h5-6,16,21H,3-4,7-15,20H2,1-2H3/q+1. The van der Waals surface area contributed by atoms with Gasteiger partial charge in [0.15, 0.2) is 0 Å². The van der Waals surface area contributed by atoms with Crippen molar-refractivity contribution in [2.75, 3.05) is 83.6 Å². The molecule has 2 heterocycles. The molecular weight excluding hydrogens is 298 g/mol. The predicted molar refractivity (Wildman–Crippen MR) is 103 cm³/mol. The smallest absolute Gasteiger partial charge is 0.0912 e. The Morgan fingerprint density at radius 2 is 1.83 bits per heavy atom. The second kappa shape index (κ2) is 7.72. The molecule has 0 atom stereocenters. The van der Waals surface area contributed by atoms with E-state index < -0.39 is 0 Å². The Kier molecular flexibility index (Phi) is 5.64. The molecule has 5 nitrogen and oxygen atoms in total. The van der Waals surface area contributed by atoms with E-state index in [-0.39, 0.29) is 0 Å². The van der Waals surface area contributed by atoms with E-state index in [2.05, 4.69) is 41.3 Å². The van der Waals surface area contributed by atoms with E-state index >= 15 is 0 Å². The summed E-state index contributed by atoms with van der Waals surface area (Å²) in [6.07, 6.45) is 2.43. The molecule has 0 aliphatic carbocycles. The Morgan fingerprint density at radius 1 is 1.08 bits per heavy atom. The van der Waals surface area contributed by atoms with Crippen molar-refractivity contribution >= 4 is 11.4 Å². The Hall–Kier alpha value is -1.30. The number of piperazine rings is 1. The SMILES string of the molecule is C[N+]1(C)CCN(CCNCCN2CCCc3ccc(N)cc32)CC1. The number of quaternary nitrogens is 1. The number of likely N-dealkylation sites (N-methyl/N-ethyl adjacent to an activating group) is 1. The van der Waals surface area contributed by atoms with E-state index in [0.717, 1.165) is 31.9 Å². The molecule has 1 aromatic carbocycles. The molecule has 0 bridgehead atoms. The summed E-state index contributed by atoms with van der Waals surface area (Å²) in [5, 5.41) is 3.63. The van der Waals surface area contributed by atoms with Crippen LogP contribution >= 0.6 is 0 Å². The number of nitrogens with one attached hydrogen (secondary N) is 1. The van der Waals surface area contributed by atoms with Crippen LogP contribution in [0.5, 0.6) is 0 Å². The number of hydrogen-bond acceptors (Lipinski definition) is 4. The molecule has 5 heteroatoms. The molecule has 0 unspecified atom stereocenters. The fraction of sp³-hybridized carbons (Fsp3) is 0.684. The van der Waals surface area contributed by atoms with E-state index in [1.807, 2.05) is 6.07 Å². The molecule has 0 aromatic heterocycles. The highest BCUT2D eigenvalue weighted by Gasteiger charge is 2.23. The summed E-state index contributed by atoms with van der Waals surface area (Å²) in [5.41, 5.74) is 9.64. The number of nitrogen functional groups attached to an aromatic ring is 1. The first-order chi connectivity index (χ1) is 11.5. The summed E-state index contributed by atoms with van der Waals surface area (Å²) < 4.78 is 1.17. The van der Waals surface area contributed by atoms with Crippen LogP contribution in [0.25, 0.3) is 0 Å². The van der Waals surface area contributed by atoms with Crippen LogP contribution in [0.1, 0.15) is 12.0 Å². The Labute approximate surface area is 147 Å². The normalized spacial score (nSPS) is 20.8. The quantitative estimate of drug-likeness (QED) is 0.463. The summed E-state index contributed by atoms with van der Waals surface area (Å²) in [4.78, 5) is 5.08. The van der Waals surface area contributed by atoms with E-state index in [1.54, 1.807) is 0 Å². The topological polar surface area (TPSA) is 44.5 Å². The third-order valence-corrected chi connectivity index (χ3v) is 5.53. The Bertz CT molecular complexity index is 533. The summed E-state index contributed by atoms with van der Waals surface area (Å²) in [5.74, 6) is 0. The molecule has 2 aliphatic rings. The zero-order valence-electron chi connectivity index (χ0n) is 15.4. The minimum absolute atomic E-state index is 0.875. The zero-order valence-corrected chi connectivity index (χ0v) is 15.4. The fourth-order valence-electron chi connectivity index (χ4n) is 3.75. The van der Waals surface area contributed by atoms with E-state index in [0.29, 0.717) is 0 Å². The van der Waals surface area contributed by atoms with Crippen LogP contribution in [0.2, 0.25) is 0 Å². The molecule has 0 saturated carbocycles. The van der Waals surface area contributed by atoms with Crippen LogP contribution < -0.4 is 16.0 Å². The number of aryl methyl sites for hydroxylation is 1. The molecule has 1 saturated heterocycles. The monoisotopic (exact) mass is 332 g/mol. The van der Waals surface area contributed by atoms with Gasteiger partial charge in [0.05, 0.1) is 27.2 Å². The van der Waals surface area contributed by atoms with Gasteiger partial charge < -0.3 is 20.4 Å². The van der Waals surface area contributed by atoms with Crippen molar-refractivity contribution in [2.45, 2.75) is 12.8 Å². The zero-order chi connectivity index (χ0) is 17.0. The highest BCUT2D eigenvalue weighted by Crippen LogP contribution is 2.28. The Morgan fingerprint density at radius 3 is 2.62 bits per heavy atom. The molecule has 3 rings (SSSR count). The average molecular weight is 333 g/mol. The van der Waals surface area contributed by atoms with E-state index in [1.165, 1.54) is 61.3 Å². The van der Waals surface area contributed by atoms with Crippen molar-refractivity contribution in [3.8, 4) is 0 Å². The molecule has 3 N–H and O–H groups in total. The average Bonchev–Trinajstić information content (AvgIpc) is 2.56. The molecule has 0 amide bonds. The highest BCUT2D eigenvalue weighted by atomic mass is 15.4. The van der Waals surface area contributed by atoms with Gasteiger partial charge in [0, 0.05) is 57.2 Å². The number of benzene rings is 1. The van der Waals surface area contributed by atoms with Crippen LogP contribution in [0.3, 0.4) is 0 Å². The second-order valence-corrected chi connectivity index (χ2v) is 7.95. The summed E-state index contributed by atoms with van der Waals surface area (Å²) >= 11 is 0. The summed E-state index contributed by atoms with van der Waals surface area (Å²) in [6, 6.07) is 6.36. The Balaban J connectivity index is 1.37. The lowest BCUT2D eigenvalue weighted by molar-refractivity contribution is -0.894. The third-order valence-electron chi connectivity index (χ3n) is 5.53. The van der Waals surface area contributed by atoms with Crippen LogP contribution in [-0.4, -0.2) is 82.4 Å². The van der Waals surface area contributed by atoms with Gasteiger partial charge in [-0.3, -0.25) is 4.90 Å². The number of nitrogens with zero attached hydrogens (tertiary/aromatic N) is 3. The van der Waals surface area contributed by atoms with Gasteiger partial charge in [-0.2, -0.15) is 0 Å². The lowest BCUT2D eigenvalue weighted by atomic mass is 10.0. The first-order valence-corrected chi connectivity index (χ1v) is 9.42. The molecular formula is C19H34N5+. The molecule has 0 spiro atoms. The molecule has 0 radical (unpaired) electrons. The maximum atomic E-state index is 5.97. The highest BCUT2D eigenvalue weighted by molar-refractivity contribution is 5.62. The van der Waals surface area contributed by atoms with Crippen molar-refractivity contribution in [3.63, 3.8) is 0 Å². The van der Waals surface area contributed by atoms with Gasteiger partial charge in [0.2, 0.25) is 0 Å². The number of fused-ring (bicyclic) bond motifs is 1. The van der Waals surface area contributed by atoms with Crippen molar-refractivity contribution < 1.29 is 4.48 Å². The first-order valence-electron chi connectivity index (χ1n) is 9.42. The van der Waals surface area contributed by atoms with Gasteiger partial charge in [0.1, 0.15) is 0 Å². The van der Waals surface area contributed by atoms with Crippen molar-refractivity contribution in [3.05, 3.63) is 23.8 Å². The van der Waals surface area contributed by atoms with Crippen molar-refractivity contribution in [1.82, 2.24) is 10.2 Å². The maximum Gasteiger partial charge on any atom is 0.0912 e. The largest absolute Gasteiger partial charge is 0.399 e. The lowest BCUT2D eigenvalue weighted by Crippen LogP contribution is -2.55. The van der Waals surface area contributed by atoms with Gasteiger partial charge in [-0.05, 0) is 30.5 Å². The predicted octanol–water partition coefficient (Wildman–Crippen LogP) is 1.00. The minimum Gasteiger partial charge on any atom is -0.399 e. The lowest BCUT2D eigenvalue weighted by Gasteiger charge is -2.39. The molecule has 1 fully saturated rings. The number of nitrogens with two attached hydrogens (primary N) is 1. The molecule has 2 aliphatic heterocycles. The first kappa shape index (κ1) is 17.5. The van der Waals surface area contributed by atoms with Gasteiger partial charge in [-0.25, -0.2) is 0 Å². The molecule has 134 valence electrons. The van der Waals surface area contributed by atoms with Gasteiger partial charge in [0.25, 0.3) is 0 Å². The maximum absolute atomic E-state index is 5.97. The molecule has 1 aromatic rings. The van der Waals surface area contributed by atoms with Gasteiger partial charge in [-0.15, -0.1) is 0 Å². The van der Waals surface area contributed by atoms with Gasteiger partial charge in [-0.1, -0.05) is 6.07 Å².